The molecule has 0 atom stereocenters. The Morgan fingerprint density at radius 3 is 2.28 bits per heavy atom. The van der Waals surface area contributed by atoms with Crippen molar-refractivity contribution >= 4 is 17.0 Å². The van der Waals surface area contributed by atoms with E-state index in [4.69, 9.17) is 0 Å². The second-order valence-corrected chi connectivity index (χ2v) is 4.02. The van der Waals surface area contributed by atoms with E-state index in [0.29, 0.717) is 11.0 Å². The highest BCUT2D eigenvalue weighted by Gasteiger charge is 2.19. The smallest absolute Gasteiger partial charge is 0.354 e. The van der Waals surface area contributed by atoms with Crippen LogP contribution in [0.1, 0.15) is 10.5 Å². The van der Waals surface area contributed by atoms with Gasteiger partial charge in [-0.2, -0.15) is 0 Å². The lowest BCUT2D eigenvalue weighted by Gasteiger charge is -2.06. The Labute approximate surface area is 102 Å². The van der Waals surface area contributed by atoms with E-state index in [1.165, 1.54) is 29.4 Å². The van der Waals surface area contributed by atoms with Gasteiger partial charge in [-0.3, -0.25) is 13.9 Å². The first-order valence-corrected chi connectivity index (χ1v) is 5.24. The quantitative estimate of drug-likeness (QED) is 0.632. The third-order valence-electron chi connectivity index (χ3n) is 3.02. The number of fused-ring (bicyclic) bond motifs is 1. The van der Waals surface area contributed by atoms with Crippen molar-refractivity contribution in [2.45, 2.75) is 0 Å². The van der Waals surface area contributed by atoms with Crippen LogP contribution in [0.3, 0.4) is 0 Å². The van der Waals surface area contributed by atoms with Gasteiger partial charge in [0.15, 0.2) is 0 Å². The maximum absolute atomic E-state index is 12.0. The average molecular weight is 251 g/mol. The molecule has 0 unspecified atom stereocenters. The van der Waals surface area contributed by atoms with Gasteiger partial charge in [-0.05, 0) is 6.07 Å². The number of nitrogens with zero attached hydrogens (tertiary/aromatic N) is 3. The molecule has 96 valence electrons. The number of esters is 1. The average Bonchev–Trinajstić information content (AvgIpc) is 2.71. The van der Waals surface area contributed by atoms with Crippen LogP contribution in [-0.2, 0) is 25.9 Å². The van der Waals surface area contributed by atoms with Crippen LogP contribution in [0.5, 0.6) is 0 Å². The Hall–Kier alpha value is -2.31. The Bertz CT molecular complexity index is 763. The zero-order valence-corrected chi connectivity index (χ0v) is 10.6. The van der Waals surface area contributed by atoms with Gasteiger partial charge in [-0.25, -0.2) is 9.59 Å². The van der Waals surface area contributed by atoms with E-state index in [1.807, 2.05) is 0 Å². The minimum atomic E-state index is -0.553. The van der Waals surface area contributed by atoms with Gasteiger partial charge in [-0.15, -0.1) is 0 Å². The predicted molar refractivity (Wildman–Crippen MR) is 64.7 cm³/mol. The number of aromatic nitrogens is 3. The molecule has 0 amide bonds. The normalized spacial score (nSPS) is 10.9. The highest BCUT2D eigenvalue weighted by atomic mass is 16.5. The molecule has 0 saturated carbocycles. The molecule has 0 aliphatic heterocycles. The van der Waals surface area contributed by atoms with Gasteiger partial charge in [0.05, 0.1) is 12.5 Å². The summed E-state index contributed by atoms with van der Waals surface area (Å²) in [5.41, 5.74) is -0.252. The van der Waals surface area contributed by atoms with Gasteiger partial charge in [0.1, 0.15) is 11.3 Å². The zero-order chi connectivity index (χ0) is 13.6. The molecule has 0 saturated heterocycles. The van der Waals surface area contributed by atoms with Crippen molar-refractivity contribution in [3.63, 3.8) is 0 Å². The summed E-state index contributed by atoms with van der Waals surface area (Å²) in [6.45, 7) is 0. The molecular formula is C11H13N3O4. The van der Waals surface area contributed by atoms with Crippen molar-refractivity contribution in [3.8, 4) is 0 Å². The van der Waals surface area contributed by atoms with Gasteiger partial charge in [0.25, 0.3) is 5.56 Å². The summed E-state index contributed by atoms with van der Waals surface area (Å²) in [6, 6.07) is 1.43. The molecule has 7 heteroatoms. The second kappa shape index (κ2) is 3.86. The monoisotopic (exact) mass is 251 g/mol. The largest absolute Gasteiger partial charge is 0.464 e. The van der Waals surface area contributed by atoms with Crippen molar-refractivity contribution in [3.05, 3.63) is 32.6 Å². The van der Waals surface area contributed by atoms with Crippen LogP contribution in [0.4, 0.5) is 0 Å². The SMILES string of the molecule is COC(=O)c1cc2c(=O)n(C)c(=O)n(C)c2n1C. The number of hydrogen-bond donors (Lipinski definition) is 0. The first kappa shape index (κ1) is 12.2. The second-order valence-electron chi connectivity index (χ2n) is 4.02. The molecule has 2 rings (SSSR count). The maximum Gasteiger partial charge on any atom is 0.354 e. The first-order valence-electron chi connectivity index (χ1n) is 5.24. The minimum absolute atomic E-state index is 0.228. The van der Waals surface area contributed by atoms with Crippen molar-refractivity contribution in [2.75, 3.05) is 7.11 Å². The number of hydrogen-bond acceptors (Lipinski definition) is 4. The Morgan fingerprint density at radius 2 is 1.72 bits per heavy atom. The van der Waals surface area contributed by atoms with Gasteiger partial charge in [-0.1, -0.05) is 0 Å². The standard InChI is InChI=1S/C11H13N3O4/c1-12-7(10(16)18-4)5-6-8(12)13(2)11(17)14(3)9(6)15/h5H,1-4H3. The van der Waals surface area contributed by atoms with E-state index in [-0.39, 0.29) is 5.69 Å². The van der Waals surface area contributed by atoms with Crippen LogP contribution in [0.15, 0.2) is 15.7 Å². The van der Waals surface area contributed by atoms with E-state index in [1.54, 1.807) is 14.1 Å². The summed E-state index contributed by atoms with van der Waals surface area (Å²) in [5, 5.41) is 0.308. The van der Waals surface area contributed by atoms with Crippen LogP contribution in [-0.4, -0.2) is 26.8 Å². The highest BCUT2D eigenvalue weighted by molar-refractivity contribution is 5.94. The molecule has 7 nitrogen and oxygen atoms in total. The Balaban J connectivity index is 3.03. The van der Waals surface area contributed by atoms with E-state index in [0.717, 1.165) is 4.57 Å². The fourth-order valence-electron chi connectivity index (χ4n) is 2.04. The molecule has 0 N–H and O–H groups in total. The summed E-state index contributed by atoms with van der Waals surface area (Å²) >= 11 is 0. The number of carbonyl (C=O) groups excluding carboxylic acids is 1. The summed E-state index contributed by atoms with van der Waals surface area (Å²) in [5.74, 6) is -0.553. The van der Waals surface area contributed by atoms with Crippen LogP contribution in [0.2, 0.25) is 0 Å². The van der Waals surface area contributed by atoms with E-state index >= 15 is 0 Å². The van der Waals surface area contributed by atoms with Crippen LogP contribution >= 0.6 is 0 Å². The fourth-order valence-corrected chi connectivity index (χ4v) is 2.04. The molecule has 0 aliphatic rings. The predicted octanol–water partition coefficient (Wildman–Crippen LogP) is -0.638. The summed E-state index contributed by atoms with van der Waals surface area (Å²) in [6.07, 6.45) is 0. The molecule has 0 fully saturated rings. The molecule has 0 spiro atoms. The van der Waals surface area contributed by atoms with Crippen LogP contribution in [0.25, 0.3) is 11.0 Å². The molecule has 18 heavy (non-hydrogen) atoms. The molecule has 2 aromatic heterocycles. The molecule has 0 radical (unpaired) electrons. The maximum atomic E-state index is 12.0. The lowest BCUT2D eigenvalue weighted by molar-refractivity contribution is 0.0590. The summed E-state index contributed by atoms with van der Waals surface area (Å²) in [7, 11) is 5.81. The number of carbonyl (C=O) groups is 1. The van der Waals surface area contributed by atoms with E-state index < -0.39 is 17.2 Å². The third kappa shape index (κ3) is 1.40. The lowest BCUT2D eigenvalue weighted by atomic mass is 10.3. The molecule has 2 aromatic rings. The molecular weight excluding hydrogens is 238 g/mol. The number of methoxy groups -OCH3 is 1. The summed E-state index contributed by atoms with van der Waals surface area (Å²) in [4.78, 5) is 35.3. The Kier molecular flexibility index (Phi) is 2.61. The molecule has 0 bridgehead atoms. The third-order valence-corrected chi connectivity index (χ3v) is 3.02. The fraction of sp³-hybridized carbons (Fsp3) is 0.364. The highest BCUT2D eigenvalue weighted by Crippen LogP contribution is 2.14. The van der Waals surface area contributed by atoms with Crippen LogP contribution < -0.4 is 11.2 Å². The number of rotatable bonds is 1. The van der Waals surface area contributed by atoms with E-state index in [2.05, 4.69) is 4.74 Å². The molecule has 0 aliphatic carbocycles. The lowest BCUT2D eigenvalue weighted by Crippen LogP contribution is -2.37. The van der Waals surface area contributed by atoms with Crippen LogP contribution in [0, 0.1) is 0 Å². The molecule has 2 heterocycles. The minimum Gasteiger partial charge on any atom is -0.464 e. The van der Waals surface area contributed by atoms with Crippen molar-refractivity contribution in [2.24, 2.45) is 21.1 Å². The van der Waals surface area contributed by atoms with Crippen molar-refractivity contribution in [1.29, 1.82) is 0 Å². The molecule has 0 aromatic carbocycles. The number of ether oxygens (including phenoxy) is 1. The van der Waals surface area contributed by atoms with Crippen molar-refractivity contribution in [1.82, 2.24) is 13.7 Å². The van der Waals surface area contributed by atoms with Gasteiger partial charge in [0.2, 0.25) is 0 Å². The van der Waals surface area contributed by atoms with Gasteiger partial charge >= 0.3 is 11.7 Å². The van der Waals surface area contributed by atoms with E-state index in [9.17, 15) is 14.4 Å². The van der Waals surface area contributed by atoms with Gasteiger partial charge < -0.3 is 9.30 Å². The summed E-state index contributed by atoms with van der Waals surface area (Å²) < 4.78 is 8.43. The van der Waals surface area contributed by atoms with Crippen molar-refractivity contribution < 1.29 is 9.53 Å². The zero-order valence-electron chi connectivity index (χ0n) is 10.6. The topological polar surface area (TPSA) is 75.2 Å². The number of aryl methyl sites for hydroxylation is 2. The first-order chi connectivity index (χ1) is 8.40. The Morgan fingerprint density at radius 1 is 1.11 bits per heavy atom. The van der Waals surface area contributed by atoms with Gasteiger partial charge in [0, 0.05) is 21.1 Å².